The molecule has 2 aromatic heterocycles. The highest BCUT2D eigenvalue weighted by molar-refractivity contribution is 5.84. The van der Waals surface area contributed by atoms with Crippen LogP contribution in [0.25, 0.3) is 0 Å². The average Bonchev–Trinajstić information content (AvgIpc) is 2.96. The number of aryl methyl sites for hydroxylation is 1. The molecule has 1 aliphatic rings. The molecule has 1 saturated heterocycles. The van der Waals surface area contributed by atoms with Crippen LogP contribution in [0.4, 0.5) is 5.82 Å². The highest BCUT2D eigenvalue weighted by Gasteiger charge is 2.22. The van der Waals surface area contributed by atoms with E-state index in [1.54, 1.807) is 4.68 Å². The van der Waals surface area contributed by atoms with Gasteiger partial charge in [0.2, 0.25) is 0 Å². The van der Waals surface area contributed by atoms with E-state index in [2.05, 4.69) is 33.2 Å². The number of hydrogen-bond acceptors (Lipinski definition) is 5. The lowest BCUT2D eigenvalue weighted by Crippen LogP contribution is -2.37. The molecule has 0 amide bonds. The van der Waals surface area contributed by atoms with Gasteiger partial charge in [-0.2, -0.15) is 0 Å². The van der Waals surface area contributed by atoms with Crippen LogP contribution in [0.5, 0.6) is 0 Å². The Morgan fingerprint density at radius 2 is 2.36 bits per heavy atom. The number of hydrogen-bond donors (Lipinski definition) is 1. The predicted molar refractivity (Wildman–Crippen MR) is 80.9 cm³/mol. The van der Waals surface area contributed by atoms with E-state index >= 15 is 0 Å². The fourth-order valence-corrected chi connectivity index (χ4v) is 2.87. The van der Waals surface area contributed by atoms with Gasteiger partial charge >= 0.3 is 5.97 Å². The molecule has 1 N–H and O–H groups in total. The Morgan fingerprint density at radius 1 is 1.50 bits per heavy atom. The van der Waals surface area contributed by atoms with Gasteiger partial charge in [0.25, 0.3) is 0 Å². The molecule has 0 spiro atoms. The number of piperidine rings is 1. The Bertz CT molecular complexity index is 669. The van der Waals surface area contributed by atoms with Crippen LogP contribution in [0, 0.1) is 12.8 Å². The van der Waals surface area contributed by atoms with E-state index in [1.807, 2.05) is 12.3 Å². The molecular formula is C15H19N5O2. The second-order valence-corrected chi connectivity index (χ2v) is 5.78. The van der Waals surface area contributed by atoms with Crippen molar-refractivity contribution in [3.05, 3.63) is 35.8 Å². The third-order valence-electron chi connectivity index (χ3n) is 3.95. The first-order chi connectivity index (χ1) is 10.6. The molecule has 0 aliphatic carbocycles. The molecule has 1 unspecified atom stereocenters. The van der Waals surface area contributed by atoms with E-state index in [4.69, 9.17) is 5.11 Å². The first kappa shape index (κ1) is 14.5. The number of carboxylic acid groups (broad SMARTS) is 1. The summed E-state index contributed by atoms with van der Waals surface area (Å²) in [6.07, 6.45) is 5.53. The Balaban J connectivity index is 1.66. The minimum atomic E-state index is -1.04. The lowest BCUT2D eigenvalue weighted by molar-refractivity contribution is 0.0690. The maximum Gasteiger partial charge on any atom is 0.358 e. The summed E-state index contributed by atoms with van der Waals surface area (Å²) in [6.45, 7) is 4.65. The summed E-state index contributed by atoms with van der Waals surface area (Å²) in [5.41, 5.74) is 1.20. The van der Waals surface area contributed by atoms with Gasteiger partial charge in [-0.15, -0.1) is 5.10 Å². The Labute approximate surface area is 128 Å². The summed E-state index contributed by atoms with van der Waals surface area (Å²) < 4.78 is 1.63. The van der Waals surface area contributed by atoms with Crippen LogP contribution < -0.4 is 4.90 Å². The van der Waals surface area contributed by atoms with Crippen LogP contribution in [0.15, 0.2) is 24.5 Å². The van der Waals surface area contributed by atoms with Crippen molar-refractivity contribution in [3.63, 3.8) is 0 Å². The molecule has 1 fully saturated rings. The molecule has 7 heteroatoms. The first-order valence-electron chi connectivity index (χ1n) is 7.43. The number of pyridine rings is 1. The monoisotopic (exact) mass is 301 g/mol. The van der Waals surface area contributed by atoms with E-state index in [-0.39, 0.29) is 5.69 Å². The molecular weight excluding hydrogens is 282 g/mol. The Kier molecular flexibility index (Phi) is 4.04. The van der Waals surface area contributed by atoms with E-state index in [0.29, 0.717) is 12.5 Å². The van der Waals surface area contributed by atoms with E-state index in [1.165, 1.54) is 11.8 Å². The van der Waals surface area contributed by atoms with Gasteiger partial charge in [-0.1, -0.05) is 5.21 Å². The molecule has 7 nitrogen and oxygen atoms in total. The van der Waals surface area contributed by atoms with Crippen molar-refractivity contribution in [1.82, 2.24) is 20.0 Å². The van der Waals surface area contributed by atoms with Crippen molar-refractivity contribution in [1.29, 1.82) is 0 Å². The summed E-state index contributed by atoms with van der Waals surface area (Å²) >= 11 is 0. The lowest BCUT2D eigenvalue weighted by atomic mass is 9.98. The van der Waals surface area contributed by atoms with Gasteiger partial charge in [0.05, 0.1) is 6.20 Å². The number of carbonyl (C=O) groups is 1. The largest absolute Gasteiger partial charge is 0.476 e. The quantitative estimate of drug-likeness (QED) is 0.923. The second kappa shape index (κ2) is 6.13. The van der Waals surface area contributed by atoms with Crippen molar-refractivity contribution in [3.8, 4) is 0 Å². The van der Waals surface area contributed by atoms with Gasteiger partial charge < -0.3 is 10.0 Å². The van der Waals surface area contributed by atoms with E-state index < -0.39 is 5.97 Å². The molecule has 116 valence electrons. The molecule has 22 heavy (non-hydrogen) atoms. The minimum absolute atomic E-state index is 0.00647. The number of nitrogens with zero attached hydrogens (tertiary/aromatic N) is 5. The highest BCUT2D eigenvalue weighted by Crippen LogP contribution is 2.23. The number of aromatic carboxylic acids is 1. The van der Waals surface area contributed by atoms with Crippen molar-refractivity contribution in [2.45, 2.75) is 26.3 Å². The summed E-state index contributed by atoms with van der Waals surface area (Å²) in [6, 6.07) is 4.09. The maximum absolute atomic E-state index is 10.8. The van der Waals surface area contributed by atoms with Crippen LogP contribution in [-0.4, -0.2) is 44.1 Å². The molecule has 0 bridgehead atoms. The average molecular weight is 301 g/mol. The zero-order valence-corrected chi connectivity index (χ0v) is 12.5. The molecule has 0 saturated carbocycles. The zero-order chi connectivity index (χ0) is 15.5. The van der Waals surface area contributed by atoms with Gasteiger partial charge in [-0.05, 0) is 43.4 Å². The molecule has 1 atom stereocenters. The summed E-state index contributed by atoms with van der Waals surface area (Å²) in [4.78, 5) is 17.6. The van der Waals surface area contributed by atoms with Gasteiger partial charge in [0.15, 0.2) is 5.69 Å². The maximum atomic E-state index is 10.8. The summed E-state index contributed by atoms with van der Waals surface area (Å²) in [5.74, 6) is 0.384. The molecule has 0 aromatic carbocycles. The molecule has 3 heterocycles. The molecule has 2 aromatic rings. The van der Waals surface area contributed by atoms with Crippen LogP contribution >= 0.6 is 0 Å². The first-order valence-corrected chi connectivity index (χ1v) is 7.43. The smallest absolute Gasteiger partial charge is 0.358 e. The van der Waals surface area contributed by atoms with Gasteiger partial charge in [0, 0.05) is 25.8 Å². The van der Waals surface area contributed by atoms with Crippen LogP contribution in [-0.2, 0) is 6.54 Å². The van der Waals surface area contributed by atoms with Crippen LogP contribution in [0.1, 0.15) is 28.9 Å². The highest BCUT2D eigenvalue weighted by atomic mass is 16.4. The normalized spacial score (nSPS) is 18.4. The fourth-order valence-electron chi connectivity index (χ4n) is 2.87. The van der Waals surface area contributed by atoms with Gasteiger partial charge in [-0.3, -0.25) is 4.68 Å². The number of anilines is 1. The van der Waals surface area contributed by atoms with E-state index in [9.17, 15) is 4.79 Å². The summed E-state index contributed by atoms with van der Waals surface area (Å²) in [5, 5.41) is 16.4. The SMILES string of the molecule is Cc1ccnc(N2CCCC(Cn3cc(C(=O)O)nn3)C2)c1. The summed E-state index contributed by atoms with van der Waals surface area (Å²) in [7, 11) is 0. The Hall–Kier alpha value is -2.44. The standard InChI is InChI=1S/C15H19N5O2/c1-11-4-5-16-14(7-11)19-6-2-3-12(8-19)9-20-10-13(15(21)22)17-18-20/h4-5,7,10,12H,2-3,6,8-9H2,1H3,(H,21,22). The molecule has 3 rings (SSSR count). The van der Waals surface area contributed by atoms with Crippen molar-refractivity contribution in [2.75, 3.05) is 18.0 Å². The lowest BCUT2D eigenvalue weighted by Gasteiger charge is -2.33. The fraction of sp³-hybridized carbons (Fsp3) is 0.467. The van der Waals surface area contributed by atoms with Crippen molar-refractivity contribution in [2.24, 2.45) is 5.92 Å². The second-order valence-electron chi connectivity index (χ2n) is 5.78. The number of rotatable bonds is 4. The predicted octanol–water partition coefficient (Wildman–Crippen LogP) is 1.60. The zero-order valence-electron chi connectivity index (χ0n) is 12.5. The third-order valence-corrected chi connectivity index (χ3v) is 3.95. The third kappa shape index (κ3) is 3.24. The minimum Gasteiger partial charge on any atom is -0.476 e. The number of aromatic nitrogens is 4. The van der Waals surface area contributed by atoms with Crippen LogP contribution in [0.2, 0.25) is 0 Å². The van der Waals surface area contributed by atoms with Gasteiger partial charge in [-0.25, -0.2) is 9.78 Å². The van der Waals surface area contributed by atoms with Crippen molar-refractivity contribution >= 4 is 11.8 Å². The van der Waals surface area contributed by atoms with Crippen molar-refractivity contribution < 1.29 is 9.90 Å². The van der Waals surface area contributed by atoms with Gasteiger partial charge in [0.1, 0.15) is 5.82 Å². The molecule has 1 aliphatic heterocycles. The Morgan fingerprint density at radius 3 is 3.09 bits per heavy atom. The molecule has 0 radical (unpaired) electrons. The topological polar surface area (TPSA) is 84.1 Å². The van der Waals surface area contributed by atoms with Crippen LogP contribution in [0.3, 0.4) is 0 Å². The van der Waals surface area contributed by atoms with E-state index in [0.717, 1.165) is 31.7 Å². The number of carboxylic acids is 1.